The maximum atomic E-state index is 7.98. The van der Waals surface area contributed by atoms with Crippen molar-refractivity contribution in [3.63, 3.8) is 0 Å². The minimum atomic E-state index is 0.362. The Morgan fingerprint density at radius 2 is 1.85 bits per heavy atom. The van der Waals surface area contributed by atoms with Crippen molar-refractivity contribution in [1.29, 1.82) is 5.41 Å². The standard InChI is InChI=1S/C11H22N2/c1-8(2)11(12)13(9(3)4)7-10-5-6-10/h8-10,12H,5-7H2,1-4H3. The van der Waals surface area contributed by atoms with E-state index in [4.69, 9.17) is 5.41 Å². The van der Waals surface area contributed by atoms with Gasteiger partial charge in [-0.3, -0.25) is 5.41 Å². The fourth-order valence-corrected chi connectivity index (χ4v) is 1.50. The molecule has 1 aliphatic carbocycles. The molecule has 2 heteroatoms. The first kappa shape index (κ1) is 10.6. The Morgan fingerprint density at radius 3 is 2.15 bits per heavy atom. The Bertz CT molecular complexity index is 181. The summed E-state index contributed by atoms with van der Waals surface area (Å²) in [5.41, 5.74) is 0. The van der Waals surface area contributed by atoms with Gasteiger partial charge in [-0.2, -0.15) is 0 Å². The van der Waals surface area contributed by atoms with Crippen LogP contribution in [0.15, 0.2) is 0 Å². The lowest BCUT2D eigenvalue weighted by Crippen LogP contribution is -2.40. The van der Waals surface area contributed by atoms with E-state index >= 15 is 0 Å². The van der Waals surface area contributed by atoms with Crippen LogP contribution in [0.3, 0.4) is 0 Å². The Labute approximate surface area is 81.8 Å². The third kappa shape index (κ3) is 3.02. The van der Waals surface area contributed by atoms with Gasteiger partial charge in [-0.1, -0.05) is 13.8 Å². The molecule has 76 valence electrons. The van der Waals surface area contributed by atoms with Gasteiger partial charge in [-0.25, -0.2) is 0 Å². The SMILES string of the molecule is CC(C)C(=N)N(CC1CC1)C(C)C. The minimum Gasteiger partial charge on any atom is -0.358 e. The molecule has 0 atom stereocenters. The van der Waals surface area contributed by atoms with E-state index in [-0.39, 0.29) is 0 Å². The first-order valence-electron chi connectivity index (χ1n) is 5.37. The largest absolute Gasteiger partial charge is 0.358 e. The van der Waals surface area contributed by atoms with E-state index in [1.807, 2.05) is 0 Å². The number of hydrogen-bond acceptors (Lipinski definition) is 1. The van der Waals surface area contributed by atoms with E-state index in [1.54, 1.807) is 0 Å². The van der Waals surface area contributed by atoms with Crippen molar-refractivity contribution < 1.29 is 0 Å². The number of rotatable bonds is 4. The van der Waals surface area contributed by atoms with Gasteiger partial charge in [0.05, 0.1) is 5.84 Å². The molecule has 0 amide bonds. The summed E-state index contributed by atoms with van der Waals surface area (Å²) in [7, 11) is 0. The Hall–Kier alpha value is -0.530. The maximum Gasteiger partial charge on any atom is 0.0986 e. The van der Waals surface area contributed by atoms with Gasteiger partial charge in [-0.05, 0) is 32.6 Å². The van der Waals surface area contributed by atoms with Crippen LogP contribution >= 0.6 is 0 Å². The molecule has 1 rings (SSSR count). The first-order valence-corrected chi connectivity index (χ1v) is 5.37. The summed E-state index contributed by atoms with van der Waals surface area (Å²) in [6, 6.07) is 0.482. The maximum absolute atomic E-state index is 7.98. The van der Waals surface area contributed by atoms with Crippen LogP contribution in [0.1, 0.15) is 40.5 Å². The zero-order valence-corrected chi connectivity index (χ0v) is 9.30. The zero-order chi connectivity index (χ0) is 10.0. The first-order chi connectivity index (χ1) is 6.02. The normalized spacial score (nSPS) is 16.8. The van der Waals surface area contributed by atoms with Crippen LogP contribution in [-0.4, -0.2) is 23.3 Å². The van der Waals surface area contributed by atoms with Gasteiger partial charge in [0, 0.05) is 18.5 Å². The smallest absolute Gasteiger partial charge is 0.0986 e. The molecule has 0 aromatic rings. The summed E-state index contributed by atoms with van der Waals surface area (Å²) in [4.78, 5) is 2.25. The molecule has 0 radical (unpaired) electrons. The Balaban J connectivity index is 2.49. The molecule has 0 aliphatic heterocycles. The predicted octanol–water partition coefficient (Wildman–Crippen LogP) is 2.74. The quantitative estimate of drug-likeness (QED) is 0.525. The molecule has 1 N–H and O–H groups in total. The fraction of sp³-hybridized carbons (Fsp3) is 0.909. The third-order valence-corrected chi connectivity index (χ3v) is 2.63. The van der Waals surface area contributed by atoms with Crippen molar-refractivity contribution in [1.82, 2.24) is 4.90 Å². The van der Waals surface area contributed by atoms with Crippen LogP contribution < -0.4 is 0 Å². The van der Waals surface area contributed by atoms with E-state index < -0.39 is 0 Å². The number of amidine groups is 1. The molecule has 0 aromatic heterocycles. The molecule has 0 saturated heterocycles. The highest BCUT2D eigenvalue weighted by Gasteiger charge is 2.27. The van der Waals surface area contributed by atoms with Crippen LogP contribution in [-0.2, 0) is 0 Å². The summed E-state index contributed by atoms with van der Waals surface area (Å²) < 4.78 is 0. The van der Waals surface area contributed by atoms with Gasteiger partial charge in [0.2, 0.25) is 0 Å². The van der Waals surface area contributed by atoms with Crippen LogP contribution in [0.2, 0.25) is 0 Å². The lowest BCUT2D eigenvalue weighted by atomic mass is 10.1. The van der Waals surface area contributed by atoms with Gasteiger partial charge in [-0.15, -0.1) is 0 Å². The van der Waals surface area contributed by atoms with Crippen LogP contribution in [0.25, 0.3) is 0 Å². The number of nitrogens with one attached hydrogen (secondary N) is 1. The van der Waals surface area contributed by atoms with Crippen molar-refractivity contribution in [2.75, 3.05) is 6.54 Å². The van der Waals surface area contributed by atoms with Crippen LogP contribution in [0, 0.1) is 17.2 Å². The van der Waals surface area contributed by atoms with Crippen molar-refractivity contribution in [3.8, 4) is 0 Å². The summed E-state index contributed by atoms with van der Waals surface area (Å²) >= 11 is 0. The van der Waals surface area contributed by atoms with E-state index in [2.05, 4.69) is 32.6 Å². The molecule has 1 fully saturated rings. The van der Waals surface area contributed by atoms with Gasteiger partial charge >= 0.3 is 0 Å². The second-order valence-corrected chi connectivity index (χ2v) is 4.73. The summed E-state index contributed by atoms with van der Waals surface area (Å²) in [6.07, 6.45) is 2.74. The summed E-state index contributed by atoms with van der Waals surface area (Å²) in [5.74, 6) is 2.05. The van der Waals surface area contributed by atoms with Crippen LogP contribution in [0.4, 0.5) is 0 Å². The second kappa shape index (κ2) is 4.12. The molecule has 0 unspecified atom stereocenters. The molecule has 0 aromatic carbocycles. The van der Waals surface area contributed by atoms with E-state index in [0.717, 1.165) is 18.3 Å². The average Bonchev–Trinajstić information content (AvgIpc) is 2.81. The highest BCUT2D eigenvalue weighted by Crippen LogP contribution is 2.30. The van der Waals surface area contributed by atoms with Crippen LogP contribution in [0.5, 0.6) is 0 Å². The topological polar surface area (TPSA) is 27.1 Å². The van der Waals surface area contributed by atoms with Crippen molar-refractivity contribution in [2.24, 2.45) is 11.8 Å². The average molecular weight is 182 g/mol. The highest BCUT2D eigenvalue weighted by atomic mass is 15.2. The Kier molecular flexibility index (Phi) is 3.34. The predicted molar refractivity (Wildman–Crippen MR) is 57.1 cm³/mol. The molecule has 13 heavy (non-hydrogen) atoms. The van der Waals surface area contributed by atoms with Crippen molar-refractivity contribution in [2.45, 2.75) is 46.6 Å². The van der Waals surface area contributed by atoms with E-state index in [0.29, 0.717) is 12.0 Å². The second-order valence-electron chi connectivity index (χ2n) is 4.73. The molecule has 1 aliphatic rings. The lowest BCUT2D eigenvalue weighted by Gasteiger charge is -2.31. The van der Waals surface area contributed by atoms with Crippen molar-refractivity contribution >= 4 is 5.84 Å². The van der Waals surface area contributed by atoms with Gasteiger partial charge in [0.1, 0.15) is 0 Å². The number of hydrogen-bond donors (Lipinski definition) is 1. The zero-order valence-electron chi connectivity index (χ0n) is 9.30. The molecule has 1 saturated carbocycles. The molecule has 0 spiro atoms. The fourth-order valence-electron chi connectivity index (χ4n) is 1.50. The summed E-state index contributed by atoms with van der Waals surface area (Å²) in [6.45, 7) is 9.67. The molecule has 0 heterocycles. The monoisotopic (exact) mass is 182 g/mol. The third-order valence-electron chi connectivity index (χ3n) is 2.63. The molecule has 2 nitrogen and oxygen atoms in total. The molecule has 0 bridgehead atoms. The highest BCUT2D eigenvalue weighted by molar-refractivity contribution is 5.81. The molecular formula is C11H22N2. The number of nitrogens with zero attached hydrogens (tertiary/aromatic N) is 1. The van der Waals surface area contributed by atoms with Gasteiger partial charge in [0.15, 0.2) is 0 Å². The van der Waals surface area contributed by atoms with Gasteiger partial charge in [0.25, 0.3) is 0 Å². The van der Waals surface area contributed by atoms with E-state index in [9.17, 15) is 0 Å². The lowest BCUT2D eigenvalue weighted by molar-refractivity contribution is 0.320. The van der Waals surface area contributed by atoms with Gasteiger partial charge < -0.3 is 4.90 Å². The Morgan fingerprint density at radius 1 is 1.31 bits per heavy atom. The van der Waals surface area contributed by atoms with Crippen molar-refractivity contribution in [3.05, 3.63) is 0 Å². The summed E-state index contributed by atoms with van der Waals surface area (Å²) in [5, 5.41) is 7.98. The minimum absolute atomic E-state index is 0.362. The van der Waals surface area contributed by atoms with E-state index in [1.165, 1.54) is 12.8 Å². The molecular weight excluding hydrogens is 160 g/mol.